The quantitative estimate of drug-likeness (QED) is 0.739. The van der Waals surface area contributed by atoms with E-state index in [0.29, 0.717) is 0 Å². The van der Waals surface area contributed by atoms with Crippen LogP contribution in [0.4, 0.5) is 0 Å². The maximum absolute atomic E-state index is 3.97. The van der Waals surface area contributed by atoms with Gasteiger partial charge in [0.25, 0.3) is 0 Å². The molecule has 1 aromatic heterocycles. The van der Waals surface area contributed by atoms with E-state index in [1.165, 1.54) is 11.5 Å². The van der Waals surface area contributed by atoms with Crippen LogP contribution in [-0.4, -0.2) is 9.36 Å². The van der Waals surface area contributed by atoms with E-state index in [9.17, 15) is 0 Å². The Morgan fingerprint density at radius 1 is 1.17 bits per heavy atom. The summed E-state index contributed by atoms with van der Waals surface area (Å²) >= 11 is 1.36. The Bertz CT molecular complexity index is 320. The van der Waals surface area contributed by atoms with E-state index in [2.05, 4.69) is 15.7 Å². The zero-order chi connectivity index (χ0) is 7.52. The van der Waals surface area contributed by atoms with Gasteiger partial charge in [-0.25, -0.2) is 0 Å². The second-order valence-electron chi connectivity index (χ2n) is 2.07. The van der Waals surface area contributed by atoms with Crippen LogP contribution in [0.5, 0.6) is 0 Å². The van der Waals surface area contributed by atoms with Crippen LogP contribution in [0.1, 0.15) is 0 Å². The third-order valence-corrected chi connectivity index (χ3v) is 2.02. The molecule has 2 nitrogen and oxygen atoms in total. The van der Waals surface area contributed by atoms with Crippen LogP contribution in [0.15, 0.2) is 30.3 Å². The van der Waals surface area contributed by atoms with Gasteiger partial charge >= 0.3 is 0 Å². The summed E-state index contributed by atoms with van der Waals surface area (Å²) in [5.74, 6) is 0. The van der Waals surface area contributed by atoms with Crippen LogP contribution in [-0.2, 0) is 21.1 Å². The molecule has 0 saturated carbocycles. The summed E-state index contributed by atoms with van der Waals surface area (Å²) in [6.45, 7) is 0. The summed E-state index contributed by atoms with van der Waals surface area (Å²) in [5.41, 5.74) is 1.10. The van der Waals surface area contributed by atoms with Gasteiger partial charge in [0.15, 0.2) is 0 Å². The van der Waals surface area contributed by atoms with Gasteiger partial charge < -0.3 is 9.36 Å². The van der Waals surface area contributed by atoms with E-state index in [-0.39, 0.29) is 21.1 Å². The van der Waals surface area contributed by atoms with Crippen molar-refractivity contribution in [1.82, 2.24) is 9.36 Å². The van der Waals surface area contributed by atoms with E-state index in [1.807, 2.05) is 30.3 Å². The van der Waals surface area contributed by atoms with Crippen molar-refractivity contribution in [1.29, 1.82) is 0 Å². The number of hydrogen-bond acceptors (Lipinski definition) is 3. The van der Waals surface area contributed by atoms with Crippen molar-refractivity contribution < 1.29 is 21.1 Å². The van der Waals surface area contributed by atoms with Crippen LogP contribution < -0.4 is 0 Å². The van der Waals surface area contributed by atoms with E-state index in [4.69, 9.17) is 0 Å². The summed E-state index contributed by atoms with van der Waals surface area (Å²) in [6, 6.07) is 9.96. The van der Waals surface area contributed by atoms with Gasteiger partial charge in [-0.15, -0.1) is 11.5 Å². The Kier molecular flexibility index (Phi) is 3.57. The number of nitrogens with zero attached hydrogens (tertiary/aromatic N) is 2. The fourth-order valence-corrected chi connectivity index (χ4v) is 1.34. The molecule has 0 saturated heterocycles. The molecular weight excluding hydrogens is 340 g/mol. The molecule has 0 amide bonds. The first-order valence-corrected chi connectivity index (χ1v) is 3.99. The summed E-state index contributed by atoms with van der Waals surface area (Å²) in [4.78, 5) is 3.97. The first kappa shape index (κ1) is 9.56. The second-order valence-corrected chi connectivity index (χ2v) is 2.82. The Morgan fingerprint density at radius 2 is 1.92 bits per heavy atom. The van der Waals surface area contributed by atoms with E-state index >= 15 is 0 Å². The normalized spacial score (nSPS) is 9.00. The molecule has 4 heteroatoms. The largest absolute Gasteiger partial charge is 0.420 e. The number of aromatic nitrogens is 2. The van der Waals surface area contributed by atoms with Crippen LogP contribution in [0.2, 0.25) is 0 Å². The van der Waals surface area contributed by atoms with Gasteiger partial charge in [-0.3, -0.25) is 0 Å². The summed E-state index contributed by atoms with van der Waals surface area (Å²) < 4.78 is 3.80. The Balaban J connectivity index is 0.000000720. The molecule has 0 radical (unpaired) electrons. The molecule has 0 N–H and O–H groups in total. The second kappa shape index (κ2) is 4.48. The average Bonchev–Trinajstić information content (AvgIpc) is 2.58. The Labute approximate surface area is 89.1 Å². The predicted octanol–water partition coefficient (Wildman–Crippen LogP) is 2.00. The van der Waals surface area contributed by atoms with Crippen LogP contribution in [0.3, 0.4) is 0 Å². The van der Waals surface area contributed by atoms with Crippen molar-refractivity contribution >= 4 is 11.5 Å². The van der Waals surface area contributed by atoms with Crippen molar-refractivity contribution in [2.24, 2.45) is 0 Å². The molecular formula is C8H5N2SW-. The topological polar surface area (TPSA) is 25.8 Å². The van der Waals surface area contributed by atoms with E-state index < -0.39 is 0 Å². The minimum Gasteiger partial charge on any atom is -0.420 e. The number of hydrogen-bond donors (Lipinski definition) is 0. The molecule has 0 spiro atoms. The number of rotatable bonds is 1. The van der Waals surface area contributed by atoms with Crippen LogP contribution in [0, 0.1) is 6.33 Å². The average molecular weight is 345 g/mol. The van der Waals surface area contributed by atoms with Gasteiger partial charge in [-0.05, 0) is 11.3 Å². The fourth-order valence-electron chi connectivity index (χ4n) is 0.848. The van der Waals surface area contributed by atoms with E-state index in [1.54, 1.807) is 0 Å². The Morgan fingerprint density at radius 3 is 2.50 bits per heavy atom. The van der Waals surface area contributed by atoms with E-state index in [0.717, 1.165) is 10.6 Å². The molecule has 0 unspecified atom stereocenters. The molecule has 0 aliphatic carbocycles. The fraction of sp³-hybridized carbons (Fsp3) is 0. The molecule has 0 aliphatic heterocycles. The van der Waals surface area contributed by atoms with Crippen molar-refractivity contribution in [3.63, 3.8) is 0 Å². The predicted molar refractivity (Wildman–Crippen MR) is 44.2 cm³/mol. The van der Waals surface area contributed by atoms with Crippen molar-refractivity contribution in [2.45, 2.75) is 0 Å². The molecule has 2 aromatic rings. The van der Waals surface area contributed by atoms with Gasteiger partial charge in [-0.2, -0.15) is 0 Å². The zero-order valence-electron chi connectivity index (χ0n) is 6.10. The summed E-state index contributed by atoms with van der Waals surface area (Å²) in [7, 11) is 0. The minimum atomic E-state index is 0. The molecule has 1 heterocycles. The maximum atomic E-state index is 3.97. The van der Waals surface area contributed by atoms with Crippen molar-refractivity contribution in [3.05, 3.63) is 36.7 Å². The molecule has 12 heavy (non-hydrogen) atoms. The Hall–Kier alpha value is -0.532. The molecule has 60 valence electrons. The zero-order valence-corrected chi connectivity index (χ0v) is 9.85. The maximum Gasteiger partial charge on any atom is 0 e. The first-order chi connectivity index (χ1) is 5.47. The SMILES string of the molecule is [W].[c-]1nsc(-c2ccccc2)n1. The molecule has 2 rings (SSSR count). The molecule has 0 aliphatic rings. The van der Waals surface area contributed by atoms with Gasteiger partial charge in [0, 0.05) is 21.1 Å². The van der Waals surface area contributed by atoms with Gasteiger partial charge in [0.05, 0.1) is 0 Å². The van der Waals surface area contributed by atoms with Gasteiger partial charge in [0.1, 0.15) is 0 Å². The molecule has 0 fully saturated rings. The van der Waals surface area contributed by atoms with Gasteiger partial charge in [0.2, 0.25) is 0 Å². The number of benzene rings is 1. The molecule has 1 aromatic carbocycles. The third kappa shape index (κ3) is 1.99. The van der Waals surface area contributed by atoms with Crippen molar-refractivity contribution in [2.75, 3.05) is 0 Å². The third-order valence-electron chi connectivity index (χ3n) is 1.35. The monoisotopic (exact) mass is 345 g/mol. The van der Waals surface area contributed by atoms with Gasteiger partial charge in [-0.1, -0.05) is 35.9 Å². The van der Waals surface area contributed by atoms with Crippen LogP contribution >= 0.6 is 11.5 Å². The summed E-state index contributed by atoms with van der Waals surface area (Å²) in [6.07, 6.45) is 2.55. The first-order valence-electron chi connectivity index (χ1n) is 3.22. The standard InChI is InChI=1S/C8H5N2S.W/c1-2-4-7(5-3-1)8-9-6-10-11-8;/h1-5H;/q-1;. The molecule has 0 bridgehead atoms. The molecule has 0 atom stereocenters. The van der Waals surface area contributed by atoms with Crippen molar-refractivity contribution in [3.8, 4) is 10.6 Å². The van der Waals surface area contributed by atoms with Crippen LogP contribution in [0.25, 0.3) is 10.6 Å². The smallest absolute Gasteiger partial charge is 0 e. The minimum absolute atomic E-state index is 0. The summed E-state index contributed by atoms with van der Waals surface area (Å²) in [5, 5.41) is 0.922.